The molecule has 9 heteroatoms. The Morgan fingerprint density at radius 1 is 0.758 bits per heavy atom. The van der Waals surface area contributed by atoms with Gasteiger partial charge in [0.2, 0.25) is 5.91 Å². The maximum Gasteiger partial charge on any atom is 0.306 e. The van der Waals surface area contributed by atoms with Gasteiger partial charge in [-0.2, -0.15) is 0 Å². The monoisotopic (exact) mass is 486 g/mol. The summed E-state index contributed by atoms with van der Waals surface area (Å²) in [6.07, 6.45) is -0.307. The van der Waals surface area contributed by atoms with Crippen LogP contribution in [0.4, 0.5) is 11.4 Å². The Hall–Kier alpha value is -3.55. The molecule has 0 radical (unpaired) electrons. The number of para-hydroxylation sites is 1. The fourth-order valence-corrected chi connectivity index (χ4v) is 3.12. The number of rotatable bonds is 9. The zero-order chi connectivity index (χ0) is 23.6. The van der Waals surface area contributed by atoms with Crippen LogP contribution < -0.4 is 15.4 Å². The molecule has 0 fully saturated rings. The lowest BCUT2D eigenvalue weighted by Gasteiger charge is -2.09. The molecular weight excluding hydrogens is 467 g/mol. The zero-order valence-corrected chi connectivity index (χ0v) is 18.9. The summed E-state index contributed by atoms with van der Waals surface area (Å²) in [6, 6.07) is 20.7. The number of esters is 1. The van der Waals surface area contributed by atoms with Crippen molar-refractivity contribution in [3.63, 3.8) is 0 Å². The van der Waals surface area contributed by atoms with Gasteiger partial charge in [-0.1, -0.05) is 41.4 Å². The summed E-state index contributed by atoms with van der Waals surface area (Å²) < 4.78 is 10.6. The first-order chi connectivity index (χ1) is 15.9. The van der Waals surface area contributed by atoms with Crippen molar-refractivity contribution in [1.82, 2.24) is 0 Å². The number of halogens is 2. The summed E-state index contributed by atoms with van der Waals surface area (Å²) in [5.74, 6) is -0.278. The predicted molar refractivity (Wildman–Crippen MR) is 127 cm³/mol. The second-order valence-electron chi connectivity index (χ2n) is 6.82. The van der Waals surface area contributed by atoms with E-state index in [1.54, 1.807) is 36.4 Å². The lowest BCUT2D eigenvalue weighted by Crippen LogP contribution is -2.21. The lowest BCUT2D eigenvalue weighted by molar-refractivity contribution is -0.147. The molecule has 3 rings (SSSR count). The van der Waals surface area contributed by atoms with Crippen molar-refractivity contribution in [2.24, 2.45) is 0 Å². The van der Waals surface area contributed by atoms with Crippen molar-refractivity contribution in [1.29, 1.82) is 0 Å². The standard InChI is InChI=1S/C24H20Cl2N2O5/c25-16-6-11-21(20(26)14-16)28-22(29)12-13-24(31)32-15-23(30)27-17-7-9-19(10-8-17)33-18-4-2-1-3-5-18/h1-11,14H,12-13,15H2,(H,27,30)(H,28,29). The molecule has 0 saturated heterocycles. The molecule has 0 bridgehead atoms. The number of anilines is 2. The van der Waals surface area contributed by atoms with Crippen LogP contribution >= 0.6 is 23.2 Å². The van der Waals surface area contributed by atoms with Crippen molar-refractivity contribution < 1.29 is 23.9 Å². The van der Waals surface area contributed by atoms with E-state index in [-0.39, 0.29) is 17.9 Å². The minimum Gasteiger partial charge on any atom is -0.457 e. The molecule has 2 N–H and O–H groups in total. The first-order valence-electron chi connectivity index (χ1n) is 9.92. The first kappa shape index (κ1) is 24.1. The molecule has 0 saturated carbocycles. The van der Waals surface area contributed by atoms with Gasteiger partial charge in [-0.05, 0) is 54.6 Å². The molecule has 0 aliphatic heterocycles. The number of nitrogens with one attached hydrogen (secondary N) is 2. The summed E-state index contributed by atoms with van der Waals surface area (Å²) in [5.41, 5.74) is 0.912. The summed E-state index contributed by atoms with van der Waals surface area (Å²) in [6.45, 7) is -0.467. The fraction of sp³-hybridized carbons (Fsp3) is 0.125. The number of amides is 2. The van der Waals surface area contributed by atoms with Gasteiger partial charge in [0, 0.05) is 17.1 Å². The summed E-state index contributed by atoms with van der Waals surface area (Å²) >= 11 is 11.8. The molecule has 0 aliphatic rings. The van der Waals surface area contributed by atoms with Gasteiger partial charge >= 0.3 is 5.97 Å². The number of carbonyl (C=O) groups excluding carboxylic acids is 3. The van der Waals surface area contributed by atoms with Crippen LogP contribution in [0.1, 0.15) is 12.8 Å². The van der Waals surface area contributed by atoms with Crippen LogP contribution in [0.2, 0.25) is 10.0 Å². The molecule has 170 valence electrons. The smallest absolute Gasteiger partial charge is 0.306 e. The Morgan fingerprint density at radius 3 is 2.15 bits per heavy atom. The van der Waals surface area contributed by atoms with Crippen LogP contribution in [0.25, 0.3) is 0 Å². The molecular formula is C24H20Cl2N2O5. The van der Waals surface area contributed by atoms with E-state index in [4.69, 9.17) is 32.7 Å². The molecule has 0 aliphatic carbocycles. The van der Waals surface area contributed by atoms with Gasteiger partial charge in [-0.25, -0.2) is 0 Å². The van der Waals surface area contributed by atoms with Crippen LogP contribution in [-0.4, -0.2) is 24.4 Å². The molecule has 0 heterocycles. The second kappa shape index (κ2) is 11.9. The van der Waals surface area contributed by atoms with Gasteiger partial charge in [-0.3, -0.25) is 14.4 Å². The Kier molecular flexibility index (Phi) is 8.69. The summed E-state index contributed by atoms with van der Waals surface area (Å²) in [7, 11) is 0. The highest BCUT2D eigenvalue weighted by Crippen LogP contribution is 2.25. The minimum atomic E-state index is -0.672. The zero-order valence-electron chi connectivity index (χ0n) is 17.3. The Morgan fingerprint density at radius 2 is 1.45 bits per heavy atom. The van der Waals surface area contributed by atoms with E-state index in [1.165, 1.54) is 6.07 Å². The van der Waals surface area contributed by atoms with Gasteiger partial charge in [0.25, 0.3) is 5.91 Å². The minimum absolute atomic E-state index is 0.123. The van der Waals surface area contributed by atoms with E-state index < -0.39 is 24.4 Å². The third-order valence-corrected chi connectivity index (χ3v) is 4.79. The molecule has 0 spiro atoms. The van der Waals surface area contributed by atoms with Crippen LogP contribution in [0.3, 0.4) is 0 Å². The van der Waals surface area contributed by atoms with Crippen molar-refractivity contribution in [3.05, 3.63) is 82.8 Å². The SMILES string of the molecule is O=C(COC(=O)CCC(=O)Nc1ccc(Cl)cc1Cl)Nc1ccc(Oc2ccccc2)cc1. The Bertz CT molecular complexity index is 1120. The van der Waals surface area contributed by atoms with Gasteiger partial charge < -0.3 is 20.1 Å². The maximum atomic E-state index is 12.0. The number of ether oxygens (including phenoxy) is 2. The van der Waals surface area contributed by atoms with Crippen LogP contribution in [0.15, 0.2) is 72.8 Å². The second-order valence-corrected chi connectivity index (χ2v) is 7.66. The number of benzene rings is 3. The lowest BCUT2D eigenvalue weighted by atomic mass is 10.2. The van der Waals surface area contributed by atoms with Gasteiger partial charge in [-0.15, -0.1) is 0 Å². The molecule has 33 heavy (non-hydrogen) atoms. The number of hydrogen-bond acceptors (Lipinski definition) is 5. The third-order valence-electron chi connectivity index (χ3n) is 4.24. The van der Waals surface area contributed by atoms with Gasteiger partial charge in [0.05, 0.1) is 17.1 Å². The maximum absolute atomic E-state index is 12.0. The molecule has 0 unspecified atom stereocenters. The van der Waals surface area contributed by atoms with E-state index in [1.807, 2.05) is 30.3 Å². The van der Waals surface area contributed by atoms with Crippen LogP contribution in [-0.2, 0) is 19.1 Å². The van der Waals surface area contributed by atoms with Gasteiger partial charge in [0.1, 0.15) is 11.5 Å². The summed E-state index contributed by atoms with van der Waals surface area (Å²) in [5, 5.41) is 5.93. The molecule has 3 aromatic rings. The largest absolute Gasteiger partial charge is 0.457 e. The third kappa shape index (κ3) is 8.14. The van der Waals surface area contributed by atoms with Crippen molar-refractivity contribution in [2.45, 2.75) is 12.8 Å². The van der Waals surface area contributed by atoms with E-state index in [0.29, 0.717) is 27.9 Å². The van der Waals surface area contributed by atoms with E-state index >= 15 is 0 Å². The fourth-order valence-electron chi connectivity index (χ4n) is 2.67. The first-order valence-corrected chi connectivity index (χ1v) is 10.7. The predicted octanol–water partition coefficient (Wildman–Crippen LogP) is 5.69. The van der Waals surface area contributed by atoms with E-state index in [9.17, 15) is 14.4 Å². The number of hydrogen-bond donors (Lipinski definition) is 2. The quantitative estimate of drug-likeness (QED) is 0.379. The molecule has 2 amide bonds. The molecule has 0 atom stereocenters. The highest BCUT2D eigenvalue weighted by atomic mass is 35.5. The average molecular weight is 487 g/mol. The Labute approximate surface area is 200 Å². The van der Waals surface area contributed by atoms with Crippen LogP contribution in [0, 0.1) is 0 Å². The van der Waals surface area contributed by atoms with E-state index in [2.05, 4.69) is 10.6 Å². The molecule has 0 aromatic heterocycles. The number of carbonyl (C=O) groups is 3. The average Bonchev–Trinajstić information content (AvgIpc) is 2.80. The van der Waals surface area contributed by atoms with Crippen LogP contribution in [0.5, 0.6) is 11.5 Å². The highest BCUT2D eigenvalue weighted by Gasteiger charge is 2.12. The van der Waals surface area contributed by atoms with Gasteiger partial charge in [0.15, 0.2) is 6.61 Å². The van der Waals surface area contributed by atoms with Crippen molar-refractivity contribution in [2.75, 3.05) is 17.2 Å². The Balaban J connectivity index is 1.36. The van der Waals surface area contributed by atoms with E-state index in [0.717, 1.165) is 0 Å². The molecule has 7 nitrogen and oxygen atoms in total. The molecule has 3 aromatic carbocycles. The normalized spacial score (nSPS) is 10.2. The topological polar surface area (TPSA) is 93.7 Å². The van der Waals surface area contributed by atoms with Crippen molar-refractivity contribution >= 4 is 52.4 Å². The summed E-state index contributed by atoms with van der Waals surface area (Å²) in [4.78, 5) is 35.8. The highest BCUT2D eigenvalue weighted by molar-refractivity contribution is 6.36. The van der Waals surface area contributed by atoms with Crippen molar-refractivity contribution in [3.8, 4) is 11.5 Å².